The number of benzene rings is 2. The van der Waals surface area contributed by atoms with Crippen LogP contribution < -0.4 is 21.3 Å². The summed E-state index contributed by atoms with van der Waals surface area (Å²) in [6.07, 6.45) is 2.32. The van der Waals surface area contributed by atoms with Gasteiger partial charge < -0.3 is 21.3 Å². The van der Waals surface area contributed by atoms with E-state index in [0.717, 1.165) is 58.8 Å². The van der Waals surface area contributed by atoms with Crippen LogP contribution in [0.15, 0.2) is 42.5 Å². The second kappa shape index (κ2) is 10.5. The third-order valence-electron chi connectivity index (χ3n) is 4.87. The molecule has 0 amide bonds. The van der Waals surface area contributed by atoms with E-state index in [2.05, 4.69) is 63.7 Å². The second-order valence-electron chi connectivity index (χ2n) is 7.01. The molecule has 2 aromatic carbocycles. The third kappa shape index (κ3) is 6.40. The van der Waals surface area contributed by atoms with E-state index in [1.165, 1.54) is 22.8 Å². The zero-order chi connectivity index (χ0) is 17.2. The molecule has 0 aromatic heterocycles. The van der Waals surface area contributed by atoms with E-state index in [-0.39, 0.29) is 0 Å². The topological polar surface area (TPSA) is 48.1 Å². The van der Waals surface area contributed by atoms with Crippen molar-refractivity contribution in [1.82, 2.24) is 21.3 Å². The molecule has 0 unspecified atom stereocenters. The fourth-order valence-corrected chi connectivity index (χ4v) is 3.47. The molecule has 0 saturated carbocycles. The summed E-state index contributed by atoms with van der Waals surface area (Å²) in [5.74, 6) is 0.615. The summed E-state index contributed by atoms with van der Waals surface area (Å²) in [6, 6.07) is 15.5. The molecule has 0 radical (unpaired) electrons. The van der Waals surface area contributed by atoms with Gasteiger partial charge in [-0.05, 0) is 61.3 Å². The molecular formula is C21H32N4. The predicted octanol–water partition coefficient (Wildman–Crippen LogP) is 1.76. The minimum atomic E-state index is 0.615. The van der Waals surface area contributed by atoms with Crippen molar-refractivity contribution in [3.05, 3.63) is 48.0 Å². The standard InChI is InChI=1S/C21H32N4/c1-2-5-21-15-18(6-7-20(21)4-1)14-19-16-24-12-10-22-8-3-9-23-11-13-25-17-19/h1-2,4-7,15,19,22-25H,3,8-14,16-17H2. The lowest BCUT2D eigenvalue weighted by molar-refractivity contribution is 0.430. The van der Waals surface area contributed by atoms with Gasteiger partial charge in [0.15, 0.2) is 0 Å². The van der Waals surface area contributed by atoms with E-state index >= 15 is 0 Å². The zero-order valence-corrected chi connectivity index (χ0v) is 15.2. The molecule has 4 nitrogen and oxygen atoms in total. The molecule has 2 aromatic rings. The molecule has 3 rings (SSSR count). The molecule has 0 bridgehead atoms. The Labute approximate surface area is 151 Å². The second-order valence-corrected chi connectivity index (χ2v) is 7.01. The summed E-state index contributed by atoms with van der Waals surface area (Å²) in [5, 5.41) is 16.9. The molecule has 4 N–H and O–H groups in total. The highest BCUT2D eigenvalue weighted by atomic mass is 15.0. The smallest absolute Gasteiger partial charge is 0.00768 e. The minimum absolute atomic E-state index is 0.615. The first-order chi connectivity index (χ1) is 12.4. The largest absolute Gasteiger partial charge is 0.315 e. The quantitative estimate of drug-likeness (QED) is 0.673. The van der Waals surface area contributed by atoms with Crippen LogP contribution in [0.25, 0.3) is 10.8 Å². The highest BCUT2D eigenvalue weighted by Gasteiger charge is 2.10. The summed E-state index contributed by atoms with van der Waals surface area (Å²) in [4.78, 5) is 0. The molecule has 1 aliphatic heterocycles. The first-order valence-electron chi connectivity index (χ1n) is 9.72. The van der Waals surface area contributed by atoms with Gasteiger partial charge in [0.05, 0.1) is 0 Å². The normalized spacial score (nSPS) is 19.5. The fourth-order valence-electron chi connectivity index (χ4n) is 3.47. The van der Waals surface area contributed by atoms with Gasteiger partial charge >= 0.3 is 0 Å². The van der Waals surface area contributed by atoms with Crippen LogP contribution in [0.1, 0.15) is 12.0 Å². The summed E-state index contributed by atoms with van der Waals surface area (Å²) in [6.45, 7) is 8.52. The zero-order valence-electron chi connectivity index (χ0n) is 15.2. The summed E-state index contributed by atoms with van der Waals surface area (Å²) in [7, 11) is 0. The van der Waals surface area contributed by atoms with Crippen LogP contribution in [0.3, 0.4) is 0 Å². The summed E-state index contributed by atoms with van der Waals surface area (Å²) in [5.41, 5.74) is 1.43. The van der Waals surface area contributed by atoms with E-state index in [9.17, 15) is 0 Å². The first-order valence-corrected chi connectivity index (χ1v) is 9.72. The van der Waals surface area contributed by atoms with E-state index in [1.54, 1.807) is 0 Å². The Morgan fingerprint density at radius 2 is 1.32 bits per heavy atom. The van der Waals surface area contributed by atoms with Crippen molar-refractivity contribution < 1.29 is 0 Å². The van der Waals surface area contributed by atoms with Crippen LogP contribution in [0.4, 0.5) is 0 Å². The molecule has 0 aliphatic carbocycles. The van der Waals surface area contributed by atoms with Crippen molar-refractivity contribution in [2.45, 2.75) is 12.8 Å². The number of fused-ring (bicyclic) bond motifs is 1. The van der Waals surface area contributed by atoms with Crippen LogP contribution in [0.2, 0.25) is 0 Å². The lowest BCUT2D eigenvalue weighted by atomic mass is 9.97. The summed E-state index contributed by atoms with van der Waals surface area (Å²) < 4.78 is 0. The van der Waals surface area contributed by atoms with E-state index in [1.807, 2.05) is 0 Å². The molecule has 0 atom stereocenters. The molecule has 1 fully saturated rings. The Balaban J connectivity index is 1.57. The number of hydrogen-bond acceptors (Lipinski definition) is 4. The van der Waals surface area contributed by atoms with Gasteiger partial charge in [0, 0.05) is 26.2 Å². The molecule has 0 spiro atoms. The highest BCUT2D eigenvalue weighted by Crippen LogP contribution is 2.17. The van der Waals surface area contributed by atoms with Crippen molar-refractivity contribution in [2.75, 3.05) is 52.4 Å². The lowest BCUT2D eigenvalue weighted by Crippen LogP contribution is -2.39. The van der Waals surface area contributed by atoms with Gasteiger partial charge in [-0.2, -0.15) is 0 Å². The van der Waals surface area contributed by atoms with Gasteiger partial charge in [-0.3, -0.25) is 0 Å². The van der Waals surface area contributed by atoms with Crippen LogP contribution in [-0.2, 0) is 6.42 Å². The molecule has 1 aliphatic rings. The van der Waals surface area contributed by atoms with E-state index < -0.39 is 0 Å². The van der Waals surface area contributed by atoms with Crippen molar-refractivity contribution >= 4 is 10.8 Å². The maximum Gasteiger partial charge on any atom is 0.00768 e. The average Bonchev–Trinajstić information content (AvgIpc) is 2.64. The van der Waals surface area contributed by atoms with Gasteiger partial charge in [-0.15, -0.1) is 0 Å². The molecule has 4 heteroatoms. The number of rotatable bonds is 2. The first kappa shape index (κ1) is 18.3. The van der Waals surface area contributed by atoms with Crippen LogP contribution >= 0.6 is 0 Å². The van der Waals surface area contributed by atoms with Crippen LogP contribution in [-0.4, -0.2) is 52.4 Å². The Hall–Kier alpha value is -1.46. The van der Waals surface area contributed by atoms with Gasteiger partial charge in [0.2, 0.25) is 0 Å². The van der Waals surface area contributed by atoms with E-state index in [0.29, 0.717) is 5.92 Å². The molecule has 136 valence electrons. The Morgan fingerprint density at radius 1 is 0.680 bits per heavy atom. The van der Waals surface area contributed by atoms with Crippen molar-refractivity contribution in [2.24, 2.45) is 5.92 Å². The maximum atomic E-state index is 3.63. The van der Waals surface area contributed by atoms with Crippen LogP contribution in [0.5, 0.6) is 0 Å². The molecule has 1 heterocycles. The van der Waals surface area contributed by atoms with Crippen molar-refractivity contribution in [1.29, 1.82) is 0 Å². The molecule has 25 heavy (non-hydrogen) atoms. The molecular weight excluding hydrogens is 308 g/mol. The SMILES string of the molecule is c1ccc2cc(CC3CNCCNCCCNCCNC3)ccc2c1. The van der Waals surface area contributed by atoms with Crippen LogP contribution in [0, 0.1) is 5.92 Å². The maximum absolute atomic E-state index is 3.63. The number of hydrogen-bond donors (Lipinski definition) is 4. The van der Waals surface area contributed by atoms with Gasteiger partial charge in [0.25, 0.3) is 0 Å². The lowest BCUT2D eigenvalue weighted by Gasteiger charge is -2.20. The molecule has 1 saturated heterocycles. The average molecular weight is 341 g/mol. The highest BCUT2D eigenvalue weighted by molar-refractivity contribution is 5.82. The summed E-state index contributed by atoms with van der Waals surface area (Å²) >= 11 is 0. The Morgan fingerprint density at radius 3 is 2.04 bits per heavy atom. The Kier molecular flexibility index (Phi) is 7.71. The number of nitrogens with one attached hydrogen (secondary N) is 4. The fraction of sp³-hybridized carbons (Fsp3) is 0.524. The van der Waals surface area contributed by atoms with Crippen molar-refractivity contribution in [3.8, 4) is 0 Å². The van der Waals surface area contributed by atoms with Gasteiger partial charge in [-0.1, -0.05) is 42.5 Å². The van der Waals surface area contributed by atoms with Gasteiger partial charge in [-0.25, -0.2) is 0 Å². The Bertz CT molecular complexity index is 614. The monoisotopic (exact) mass is 340 g/mol. The van der Waals surface area contributed by atoms with Crippen molar-refractivity contribution in [3.63, 3.8) is 0 Å². The van der Waals surface area contributed by atoms with Gasteiger partial charge in [0.1, 0.15) is 0 Å². The third-order valence-corrected chi connectivity index (χ3v) is 4.87. The minimum Gasteiger partial charge on any atom is -0.315 e. The van der Waals surface area contributed by atoms with E-state index in [4.69, 9.17) is 0 Å². The predicted molar refractivity (Wildman–Crippen MR) is 107 cm³/mol.